The van der Waals surface area contributed by atoms with Crippen LogP contribution < -0.4 is 11.3 Å². The van der Waals surface area contributed by atoms with Gasteiger partial charge in [0.2, 0.25) is 0 Å². The smallest absolute Gasteiger partial charge is 0.0439 e. The van der Waals surface area contributed by atoms with Gasteiger partial charge in [-0.3, -0.25) is 11.3 Å². The quantitative estimate of drug-likeness (QED) is 0.659. The van der Waals surface area contributed by atoms with Crippen LogP contribution in [0.5, 0.6) is 0 Å². The summed E-state index contributed by atoms with van der Waals surface area (Å²) in [5.74, 6) is 6.46. The van der Waals surface area contributed by atoms with E-state index in [0.717, 1.165) is 34.1 Å². The lowest BCUT2D eigenvalue weighted by Crippen LogP contribution is -2.49. The van der Waals surface area contributed by atoms with Crippen LogP contribution in [-0.2, 0) is 6.42 Å². The van der Waals surface area contributed by atoms with Crippen LogP contribution in [0.25, 0.3) is 0 Å². The molecule has 3 atom stereocenters. The average molecular weight is 328 g/mol. The van der Waals surface area contributed by atoms with E-state index in [1.165, 1.54) is 25.7 Å². The van der Waals surface area contributed by atoms with E-state index in [0.29, 0.717) is 5.92 Å². The molecule has 2 heterocycles. The number of benzene rings is 1. The summed E-state index contributed by atoms with van der Waals surface area (Å²) in [5, 5.41) is 1.50. The summed E-state index contributed by atoms with van der Waals surface area (Å²) in [4.78, 5) is 2.55. The summed E-state index contributed by atoms with van der Waals surface area (Å²) >= 11 is 12.4. The highest BCUT2D eigenvalue weighted by atomic mass is 35.5. The Morgan fingerprint density at radius 1 is 1.29 bits per heavy atom. The summed E-state index contributed by atoms with van der Waals surface area (Å²) in [5.41, 5.74) is 4.11. The monoisotopic (exact) mass is 327 g/mol. The number of nitrogens with one attached hydrogen (secondary N) is 1. The predicted octanol–water partition coefficient (Wildman–Crippen LogP) is 3.24. The van der Waals surface area contributed by atoms with Crippen molar-refractivity contribution in [1.82, 2.24) is 10.3 Å². The van der Waals surface area contributed by atoms with Crippen LogP contribution >= 0.6 is 23.2 Å². The summed E-state index contributed by atoms with van der Waals surface area (Å²) in [6, 6.07) is 7.36. The molecule has 3 N–H and O–H groups in total. The van der Waals surface area contributed by atoms with E-state index in [-0.39, 0.29) is 6.04 Å². The lowest BCUT2D eigenvalue weighted by Gasteiger charge is -2.39. The van der Waals surface area contributed by atoms with E-state index in [2.05, 4.69) is 17.4 Å². The molecule has 3 nitrogen and oxygen atoms in total. The van der Waals surface area contributed by atoms with Crippen LogP contribution in [0.15, 0.2) is 18.2 Å². The largest absolute Gasteiger partial charge is 0.300 e. The highest BCUT2D eigenvalue weighted by molar-refractivity contribution is 6.33. The van der Waals surface area contributed by atoms with Crippen molar-refractivity contribution in [2.24, 2.45) is 11.8 Å². The molecule has 3 unspecified atom stereocenters. The molecule has 2 bridgehead atoms. The predicted molar refractivity (Wildman–Crippen MR) is 88.6 cm³/mol. The Labute approximate surface area is 136 Å². The zero-order chi connectivity index (χ0) is 15.0. The highest BCUT2D eigenvalue weighted by Gasteiger charge is 2.40. The minimum atomic E-state index is 0.262. The van der Waals surface area contributed by atoms with E-state index < -0.39 is 0 Å². The molecule has 1 aromatic carbocycles. The van der Waals surface area contributed by atoms with Crippen molar-refractivity contribution in [3.8, 4) is 0 Å². The molecule has 0 radical (unpaired) electrons. The SMILES string of the molecule is CN1C2CCC1CC(C(Cc1cc(Cl)ccc1Cl)NN)C2. The van der Waals surface area contributed by atoms with E-state index >= 15 is 0 Å². The third-order valence-corrected chi connectivity index (χ3v) is 5.97. The van der Waals surface area contributed by atoms with Gasteiger partial charge >= 0.3 is 0 Å². The third kappa shape index (κ3) is 3.22. The molecule has 116 valence electrons. The first kappa shape index (κ1) is 15.6. The van der Waals surface area contributed by atoms with Crippen molar-refractivity contribution in [1.29, 1.82) is 0 Å². The molecular formula is C16H23Cl2N3. The molecule has 1 aromatic rings. The standard InChI is InChI=1S/C16H23Cl2N3/c1-21-13-3-4-14(21)8-11(7-13)16(20-19)9-10-6-12(17)2-5-15(10)18/h2,5-6,11,13-14,16,20H,3-4,7-9,19H2,1H3. The second kappa shape index (κ2) is 6.43. The van der Waals surface area contributed by atoms with Gasteiger partial charge in [-0.05, 0) is 68.8 Å². The van der Waals surface area contributed by atoms with Gasteiger partial charge in [-0.1, -0.05) is 23.2 Å². The number of halogens is 2. The van der Waals surface area contributed by atoms with Crippen LogP contribution in [0.4, 0.5) is 0 Å². The van der Waals surface area contributed by atoms with Gasteiger partial charge in [0, 0.05) is 28.2 Å². The molecule has 2 fully saturated rings. The number of rotatable bonds is 4. The maximum Gasteiger partial charge on any atom is 0.0439 e. The first-order valence-corrected chi connectivity index (χ1v) is 8.46. The lowest BCUT2D eigenvalue weighted by atomic mass is 9.83. The van der Waals surface area contributed by atoms with Crippen molar-refractivity contribution in [2.75, 3.05) is 7.05 Å². The van der Waals surface area contributed by atoms with Gasteiger partial charge in [-0.2, -0.15) is 0 Å². The van der Waals surface area contributed by atoms with Gasteiger partial charge in [-0.15, -0.1) is 0 Å². The number of hydrogen-bond acceptors (Lipinski definition) is 3. The van der Waals surface area contributed by atoms with Crippen LogP contribution in [0.1, 0.15) is 31.2 Å². The van der Waals surface area contributed by atoms with Crippen molar-refractivity contribution >= 4 is 23.2 Å². The molecule has 0 aromatic heterocycles. The van der Waals surface area contributed by atoms with Crippen molar-refractivity contribution in [3.05, 3.63) is 33.8 Å². The molecule has 2 aliphatic heterocycles. The Balaban J connectivity index is 1.72. The topological polar surface area (TPSA) is 41.3 Å². The molecule has 0 saturated carbocycles. The molecule has 3 rings (SSSR count). The second-order valence-corrected chi connectivity index (χ2v) is 7.34. The molecule has 21 heavy (non-hydrogen) atoms. The summed E-state index contributed by atoms with van der Waals surface area (Å²) in [6.07, 6.45) is 5.93. The molecule has 0 spiro atoms. The van der Waals surface area contributed by atoms with Gasteiger partial charge < -0.3 is 4.90 Å². The van der Waals surface area contributed by atoms with Crippen LogP contribution in [-0.4, -0.2) is 30.1 Å². The minimum Gasteiger partial charge on any atom is -0.300 e. The fraction of sp³-hybridized carbons (Fsp3) is 0.625. The number of fused-ring (bicyclic) bond motifs is 2. The average Bonchev–Trinajstić information content (AvgIpc) is 2.69. The number of piperidine rings is 1. The fourth-order valence-electron chi connectivity index (χ4n) is 4.08. The summed E-state index contributed by atoms with van der Waals surface area (Å²) in [6.45, 7) is 0. The molecule has 2 saturated heterocycles. The number of nitrogens with two attached hydrogens (primary N) is 1. The first-order valence-electron chi connectivity index (χ1n) is 7.70. The van der Waals surface area contributed by atoms with Crippen molar-refractivity contribution < 1.29 is 0 Å². The van der Waals surface area contributed by atoms with Gasteiger partial charge in [0.15, 0.2) is 0 Å². The van der Waals surface area contributed by atoms with Crippen molar-refractivity contribution in [2.45, 2.75) is 50.2 Å². The van der Waals surface area contributed by atoms with E-state index in [1.54, 1.807) is 0 Å². The third-order valence-electron chi connectivity index (χ3n) is 5.37. The maximum absolute atomic E-state index is 6.29. The molecule has 0 amide bonds. The zero-order valence-electron chi connectivity index (χ0n) is 12.4. The summed E-state index contributed by atoms with van der Waals surface area (Å²) in [7, 11) is 2.26. The molecule has 5 heteroatoms. The Bertz CT molecular complexity index is 494. The van der Waals surface area contributed by atoms with Gasteiger partial charge in [0.05, 0.1) is 0 Å². The van der Waals surface area contributed by atoms with Gasteiger partial charge in [0.1, 0.15) is 0 Å². The van der Waals surface area contributed by atoms with Gasteiger partial charge in [0.25, 0.3) is 0 Å². The highest BCUT2D eigenvalue weighted by Crippen LogP contribution is 2.39. The van der Waals surface area contributed by atoms with Gasteiger partial charge in [-0.25, -0.2) is 0 Å². The second-order valence-electron chi connectivity index (χ2n) is 6.49. The Hall–Kier alpha value is -0.320. The lowest BCUT2D eigenvalue weighted by molar-refractivity contribution is 0.112. The minimum absolute atomic E-state index is 0.262. The van der Waals surface area contributed by atoms with E-state index in [4.69, 9.17) is 29.0 Å². The Kier molecular flexibility index (Phi) is 4.77. The first-order chi connectivity index (χ1) is 10.1. The number of nitrogens with zero attached hydrogens (tertiary/aromatic N) is 1. The number of hydrogen-bond donors (Lipinski definition) is 2. The van der Waals surface area contributed by atoms with Crippen LogP contribution in [0.2, 0.25) is 10.0 Å². The van der Waals surface area contributed by atoms with E-state index in [1.807, 2.05) is 18.2 Å². The van der Waals surface area contributed by atoms with Crippen LogP contribution in [0.3, 0.4) is 0 Å². The van der Waals surface area contributed by atoms with E-state index in [9.17, 15) is 0 Å². The van der Waals surface area contributed by atoms with Crippen LogP contribution in [0, 0.1) is 5.92 Å². The Morgan fingerprint density at radius 3 is 2.57 bits per heavy atom. The normalized spacial score (nSPS) is 30.6. The molecule has 2 aliphatic rings. The molecule has 0 aliphatic carbocycles. The maximum atomic E-state index is 6.29. The van der Waals surface area contributed by atoms with Crippen molar-refractivity contribution in [3.63, 3.8) is 0 Å². The number of hydrazine groups is 1. The molecular weight excluding hydrogens is 305 g/mol. The Morgan fingerprint density at radius 2 is 1.95 bits per heavy atom. The zero-order valence-corrected chi connectivity index (χ0v) is 13.9. The fourth-order valence-corrected chi connectivity index (χ4v) is 4.47. The summed E-state index contributed by atoms with van der Waals surface area (Å²) < 4.78 is 0.